The molecule has 0 saturated carbocycles. The predicted octanol–water partition coefficient (Wildman–Crippen LogP) is 4.98. The lowest BCUT2D eigenvalue weighted by Crippen LogP contribution is -2.32. The number of carbonyl (C=O) groups excluding carboxylic acids is 2. The van der Waals surface area contributed by atoms with Gasteiger partial charge in [0.15, 0.2) is 11.5 Å². The van der Waals surface area contributed by atoms with Gasteiger partial charge in [0, 0.05) is 17.7 Å². The average Bonchev–Trinajstić information content (AvgIpc) is 2.98. The van der Waals surface area contributed by atoms with Gasteiger partial charge in [-0.1, -0.05) is 43.3 Å². The van der Waals surface area contributed by atoms with E-state index < -0.39 is 5.92 Å². The van der Waals surface area contributed by atoms with Gasteiger partial charge in [0.25, 0.3) is 5.91 Å². The van der Waals surface area contributed by atoms with Gasteiger partial charge < -0.3 is 14.8 Å². The minimum absolute atomic E-state index is 0.0495. The van der Waals surface area contributed by atoms with Crippen LogP contribution in [-0.2, 0) is 9.59 Å². The van der Waals surface area contributed by atoms with E-state index in [9.17, 15) is 9.59 Å². The lowest BCUT2D eigenvalue weighted by Gasteiger charge is -2.22. The van der Waals surface area contributed by atoms with Crippen molar-refractivity contribution in [2.45, 2.75) is 25.7 Å². The molecule has 0 spiro atoms. The Balaban J connectivity index is 1.82. The Morgan fingerprint density at radius 1 is 0.971 bits per heavy atom. The fourth-order valence-electron chi connectivity index (χ4n) is 4.07. The number of rotatable bonds is 7. The van der Waals surface area contributed by atoms with Crippen molar-refractivity contribution in [1.82, 2.24) is 0 Å². The number of anilines is 2. The van der Waals surface area contributed by atoms with Crippen molar-refractivity contribution in [3.05, 3.63) is 83.9 Å². The zero-order valence-corrected chi connectivity index (χ0v) is 19.4. The van der Waals surface area contributed by atoms with E-state index in [0.29, 0.717) is 34.9 Å². The van der Waals surface area contributed by atoms with E-state index >= 15 is 0 Å². The molecule has 0 unspecified atom stereocenters. The molecule has 3 aromatic carbocycles. The molecule has 3 aromatic rings. The van der Waals surface area contributed by atoms with E-state index in [0.717, 1.165) is 11.3 Å². The number of para-hydroxylation sites is 2. The summed E-state index contributed by atoms with van der Waals surface area (Å²) in [4.78, 5) is 26.9. The zero-order valence-electron chi connectivity index (χ0n) is 19.4. The SMILES string of the molecule is CCC1=NN(c2ccccc2)C(=O)[C@H](CC(=O)Nc2ccccc2)c2cc(OC)c(OC)cc21. The predicted molar refractivity (Wildman–Crippen MR) is 133 cm³/mol. The number of hydrazone groups is 1. The third-order valence-corrected chi connectivity index (χ3v) is 5.75. The van der Waals surface area contributed by atoms with E-state index in [4.69, 9.17) is 14.6 Å². The van der Waals surface area contributed by atoms with Crippen molar-refractivity contribution >= 4 is 28.9 Å². The van der Waals surface area contributed by atoms with Crippen LogP contribution in [0.1, 0.15) is 36.8 Å². The van der Waals surface area contributed by atoms with Gasteiger partial charge in [0.1, 0.15) is 0 Å². The highest BCUT2D eigenvalue weighted by Crippen LogP contribution is 2.39. The number of nitrogens with zero attached hydrogens (tertiary/aromatic N) is 2. The summed E-state index contributed by atoms with van der Waals surface area (Å²) in [5.74, 6) is -0.294. The maximum atomic E-state index is 13.9. The lowest BCUT2D eigenvalue weighted by atomic mass is 9.87. The highest BCUT2D eigenvalue weighted by Gasteiger charge is 2.35. The van der Waals surface area contributed by atoms with Gasteiger partial charge in [0.2, 0.25) is 5.91 Å². The Labute approximate surface area is 199 Å². The Morgan fingerprint density at radius 3 is 2.21 bits per heavy atom. The molecule has 1 N–H and O–H groups in total. The van der Waals surface area contributed by atoms with E-state index in [1.807, 2.05) is 73.7 Å². The number of carbonyl (C=O) groups is 2. The quantitative estimate of drug-likeness (QED) is 0.543. The Bertz CT molecular complexity index is 1210. The van der Waals surface area contributed by atoms with Crippen molar-refractivity contribution < 1.29 is 19.1 Å². The summed E-state index contributed by atoms with van der Waals surface area (Å²) in [5, 5.41) is 9.02. The number of hydrogen-bond donors (Lipinski definition) is 1. The number of fused-ring (bicyclic) bond motifs is 1. The normalized spacial score (nSPS) is 15.1. The first-order valence-corrected chi connectivity index (χ1v) is 11.1. The second-order valence-corrected chi connectivity index (χ2v) is 7.85. The number of hydrogen-bond acceptors (Lipinski definition) is 5. The van der Waals surface area contributed by atoms with Crippen molar-refractivity contribution in [3.63, 3.8) is 0 Å². The van der Waals surface area contributed by atoms with Gasteiger partial charge in [-0.3, -0.25) is 9.59 Å². The molecule has 0 fully saturated rings. The summed E-state index contributed by atoms with van der Waals surface area (Å²) in [6.07, 6.45) is 0.536. The molecule has 1 heterocycles. The van der Waals surface area contributed by atoms with Gasteiger partial charge in [-0.15, -0.1) is 0 Å². The van der Waals surface area contributed by atoms with E-state index in [1.54, 1.807) is 20.3 Å². The number of benzene rings is 3. The van der Waals surface area contributed by atoms with Crippen LogP contribution < -0.4 is 19.8 Å². The molecule has 0 aliphatic carbocycles. The molecule has 0 bridgehead atoms. The molecule has 7 heteroatoms. The molecule has 0 radical (unpaired) electrons. The maximum absolute atomic E-state index is 13.9. The summed E-state index contributed by atoms with van der Waals surface area (Å²) >= 11 is 0. The summed E-state index contributed by atoms with van der Waals surface area (Å²) < 4.78 is 11.0. The topological polar surface area (TPSA) is 80.2 Å². The fourth-order valence-corrected chi connectivity index (χ4v) is 4.07. The Hall–Kier alpha value is -4.13. The van der Waals surface area contributed by atoms with Crippen LogP contribution in [-0.4, -0.2) is 31.7 Å². The van der Waals surface area contributed by atoms with Crippen LogP contribution in [0.4, 0.5) is 11.4 Å². The monoisotopic (exact) mass is 457 g/mol. The fraction of sp³-hybridized carbons (Fsp3) is 0.222. The molecule has 34 heavy (non-hydrogen) atoms. The second kappa shape index (κ2) is 10.2. The number of nitrogens with one attached hydrogen (secondary N) is 1. The van der Waals surface area contributed by atoms with Crippen LogP contribution in [0.25, 0.3) is 0 Å². The van der Waals surface area contributed by atoms with E-state index in [2.05, 4.69) is 5.32 Å². The molecule has 2 amide bonds. The van der Waals surface area contributed by atoms with Crippen LogP contribution in [0, 0.1) is 0 Å². The summed E-state index contributed by atoms with van der Waals surface area (Å²) in [7, 11) is 3.11. The summed E-state index contributed by atoms with van der Waals surface area (Å²) in [6.45, 7) is 1.98. The highest BCUT2D eigenvalue weighted by molar-refractivity contribution is 6.11. The maximum Gasteiger partial charge on any atom is 0.255 e. The van der Waals surface area contributed by atoms with Crippen LogP contribution in [0.2, 0.25) is 0 Å². The molecule has 1 atom stereocenters. The van der Waals surface area contributed by atoms with E-state index in [1.165, 1.54) is 5.01 Å². The summed E-state index contributed by atoms with van der Waals surface area (Å²) in [6, 6.07) is 22.0. The third-order valence-electron chi connectivity index (χ3n) is 5.75. The van der Waals surface area contributed by atoms with Gasteiger partial charge in [0.05, 0.1) is 31.5 Å². The summed E-state index contributed by atoms with van der Waals surface area (Å²) in [5.41, 5.74) is 3.48. The lowest BCUT2D eigenvalue weighted by molar-refractivity contribution is -0.124. The van der Waals surface area contributed by atoms with Crippen molar-refractivity contribution in [1.29, 1.82) is 0 Å². The zero-order chi connectivity index (χ0) is 24.1. The molecule has 7 nitrogen and oxygen atoms in total. The molecule has 0 saturated heterocycles. The number of ether oxygens (including phenoxy) is 2. The van der Waals surface area contributed by atoms with Crippen molar-refractivity contribution in [2.75, 3.05) is 24.5 Å². The second-order valence-electron chi connectivity index (χ2n) is 7.85. The average molecular weight is 458 g/mol. The first-order valence-electron chi connectivity index (χ1n) is 11.1. The standard InChI is InChI=1S/C27H27N3O4/c1-4-23-21-16-25(34-3)24(33-2)15-20(21)22(17-26(31)28-18-11-7-5-8-12-18)27(32)30(29-23)19-13-9-6-10-14-19/h5-16,22H,4,17H2,1-3H3,(H,28,31)/t22-/m1/s1. The highest BCUT2D eigenvalue weighted by atomic mass is 16.5. The van der Waals surface area contributed by atoms with E-state index in [-0.39, 0.29) is 18.2 Å². The molecule has 174 valence electrons. The molecule has 1 aliphatic heterocycles. The van der Waals surface area contributed by atoms with Gasteiger partial charge in [-0.05, 0) is 48.4 Å². The molecule has 0 aromatic heterocycles. The first-order chi connectivity index (χ1) is 16.5. The minimum Gasteiger partial charge on any atom is -0.493 e. The van der Waals surface area contributed by atoms with Crippen molar-refractivity contribution in [2.24, 2.45) is 5.10 Å². The molecular weight excluding hydrogens is 430 g/mol. The third kappa shape index (κ3) is 4.64. The van der Waals surface area contributed by atoms with Gasteiger partial charge >= 0.3 is 0 Å². The Kier molecular flexibility index (Phi) is 6.92. The minimum atomic E-state index is -0.772. The smallest absolute Gasteiger partial charge is 0.255 e. The molecular formula is C27H27N3O4. The van der Waals surface area contributed by atoms with Gasteiger partial charge in [-0.25, -0.2) is 0 Å². The molecule has 4 rings (SSSR count). The largest absolute Gasteiger partial charge is 0.493 e. The van der Waals surface area contributed by atoms with Crippen molar-refractivity contribution in [3.8, 4) is 11.5 Å². The molecule has 1 aliphatic rings. The van der Waals surface area contributed by atoms with Crippen LogP contribution in [0.15, 0.2) is 77.9 Å². The van der Waals surface area contributed by atoms with Crippen LogP contribution in [0.5, 0.6) is 11.5 Å². The van der Waals surface area contributed by atoms with Crippen LogP contribution in [0.3, 0.4) is 0 Å². The number of amides is 2. The van der Waals surface area contributed by atoms with Crippen LogP contribution >= 0.6 is 0 Å². The Morgan fingerprint density at radius 2 is 1.59 bits per heavy atom. The number of methoxy groups -OCH3 is 2. The van der Waals surface area contributed by atoms with Gasteiger partial charge in [-0.2, -0.15) is 10.1 Å². The first kappa shape index (κ1) is 23.0.